The lowest BCUT2D eigenvalue weighted by Crippen LogP contribution is -2.39. The second kappa shape index (κ2) is 6.61. The standard InChI is InChI=1S/C24H19N3/c1-3-11-20(12-4-1)24-25-18-26(21-14-5-2-6-15-21)27(24)23-17-9-13-19-10-7-8-16-22(19)23/h1-18,24H. The van der Waals surface area contributed by atoms with Gasteiger partial charge in [-0.15, -0.1) is 0 Å². The maximum Gasteiger partial charge on any atom is 0.167 e. The van der Waals surface area contributed by atoms with Crippen LogP contribution in [0.3, 0.4) is 0 Å². The number of hydrogen-bond acceptors (Lipinski definition) is 3. The summed E-state index contributed by atoms with van der Waals surface area (Å²) in [5.41, 5.74) is 3.40. The second-order valence-corrected chi connectivity index (χ2v) is 6.57. The summed E-state index contributed by atoms with van der Waals surface area (Å²) in [6.45, 7) is 0. The minimum Gasteiger partial charge on any atom is -0.250 e. The molecule has 3 heteroatoms. The number of nitrogens with zero attached hydrogens (tertiary/aromatic N) is 3. The molecule has 27 heavy (non-hydrogen) atoms. The van der Waals surface area contributed by atoms with Gasteiger partial charge in [-0.2, -0.15) is 0 Å². The lowest BCUT2D eigenvalue weighted by atomic mass is 10.1. The van der Waals surface area contributed by atoms with Crippen LogP contribution < -0.4 is 10.0 Å². The quantitative estimate of drug-likeness (QED) is 0.465. The Morgan fingerprint density at radius 1 is 0.630 bits per heavy atom. The molecule has 0 aliphatic carbocycles. The third-order valence-corrected chi connectivity index (χ3v) is 4.91. The van der Waals surface area contributed by atoms with Crippen molar-refractivity contribution in [1.82, 2.24) is 0 Å². The zero-order chi connectivity index (χ0) is 18.1. The van der Waals surface area contributed by atoms with Crippen molar-refractivity contribution >= 4 is 28.5 Å². The van der Waals surface area contributed by atoms with E-state index in [0.29, 0.717) is 0 Å². The van der Waals surface area contributed by atoms with Crippen LogP contribution in [0.15, 0.2) is 108 Å². The first-order valence-electron chi connectivity index (χ1n) is 9.11. The van der Waals surface area contributed by atoms with Crippen molar-refractivity contribution < 1.29 is 0 Å². The van der Waals surface area contributed by atoms with Crippen molar-refractivity contribution in [2.24, 2.45) is 4.99 Å². The Labute approximate surface area is 158 Å². The van der Waals surface area contributed by atoms with Gasteiger partial charge >= 0.3 is 0 Å². The molecule has 1 heterocycles. The fourth-order valence-electron chi connectivity index (χ4n) is 3.64. The Hall–Kier alpha value is -3.59. The van der Waals surface area contributed by atoms with Gasteiger partial charge in [0.2, 0.25) is 0 Å². The normalized spacial score (nSPS) is 16.2. The molecule has 0 saturated carbocycles. The molecule has 0 fully saturated rings. The van der Waals surface area contributed by atoms with E-state index in [9.17, 15) is 0 Å². The number of hydrogen-bond donors (Lipinski definition) is 0. The summed E-state index contributed by atoms with van der Waals surface area (Å²) in [5, 5.41) is 6.85. The number of benzene rings is 4. The van der Waals surface area contributed by atoms with Gasteiger partial charge in [0.1, 0.15) is 6.34 Å². The summed E-state index contributed by atoms with van der Waals surface area (Å²) >= 11 is 0. The van der Waals surface area contributed by atoms with E-state index in [2.05, 4.69) is 101 Å². The number of rotatable bonds is 3. The Balaban J connectivity index is 1.69. The molecular formula is C24H19N3. The zero-order valence-electron chi connectivity index (χ0n) is 14.8. The van der Waals surface area contributed by atoms with Crippen LogP contribution >= 0.6 is 0 Å². The highest BCUT2D eigenvalue weighted by Gasteiger charge is 2.31. The molecule has 1 unspecified atom stereocenters. The molecule has 0 aromatic heterocycles. The van der Waals surface area contributed by atoms with E-state index in [1.54, 1.807) is 0 Å². The van der Waals surface area contributed by atoms with Gasteiger partial charge in [-0.25, -0.2) is 10.0 Å². The molecule has 0 saturated heterocycles. The first-order chi connectivity index (χ1) is 13.4. The summed E-state index contributed by atoms with van der Waals surface area (Å²) in [5.74, 6) is 0. The monoisotopic (exact) mass is 349 g/mol. The van der Waals surface area contributed by atoms with Crippen LogP contribution in [0.4, 0.5) is 11.4 Å². The smallest absolute Gasteiger partial charge is 0.167 e. The molecule has 0 spiro atoms. The maximum atomic E-state index is 4.86. The van der Waals surface area contributed by atoms with Crippen molar-refractivity contribution in [3.05, 3.63) is 109 Å². The molecule has 130 valence electrons. The van der Waals surface area contributed by atoms with E-state index in [4.69, 9.17) is 4.99 Å². The van der Waals surface area contributed by atoms with E-state index in [1.165, 1.54) is 16.3 Å². The maximum absolute atomic E-state index is 4.86. The number of hydrazine groups is 1. The lowest BCUT2D eigenvalue weighted by molar-refractivity contribution is 0.710. The average molecular weight is 349 g/mol. The van der Waals surface area contributed by atoms with Crippen molar-refractivity contribution in [2.45, 2.75) is 6.17 Å². The molecule has 5 rings (SSSR count). The summed E-state index contributed by atoms with van der Waals surface area (Å²) < 4.78 is 0. The van der Waals surface area contributed by atoms with Crippen LogP contribution in [0.2, 0.25) is 0 Å². The SMILES string of the molecule is C1=NC(c2ccccc2)N(c2cccc3ccccc23)N1c1ccccc1. The molecule has 3 nitrogen and oxygen atoms in total. The van der Waals surface area contributed by atoms with Gasteiger partial charge in [0.15, 0.2) is 6.17 Å². The van der Waals surface area contributed by atoms with Crippen LogP contribution in [-0.2, 0) is 0 Å². The van der Waals surface area contributed by atoms with Crippen LogP contribution in [0.1, 0.15) is 11.7 Å². The van der Waals surface area contributed by atoms with E-state index in [-0.39, 0.29) is 6.17 Å². The van der Waals surface area contributed by atoms with Crippen molar-refractivity contribution in [3.63, 3.8) is 0 Å². The van der Waals surface area contributed by atoms with Gasteiger partial charge in [-0.1, -0.05) is 84.9 Å². The molecule has 1 aliphatic heterocycles. The van der Waals surface area contributed by atoms with E-state index >= 15 is 0 Å². The van der Waals surface area contributed by atoms with Crippen molar-refractivity contribution in [2.75, 3.05) is 10.0 Å². The third-order valence-electron chi connectivity index (χ3n) is 4.91. The molecule has 0 N–H and O–H groups in total. The average Bonchev–Trinajstić information content (AvgIpc) is 3.19. The first kappa shape index (κ1) is 15.6. The number of anilines is 2. The summed E-state index contributed by atoms with van der Waals surface area (Å²) in [4.78, 5) is 4.86. The largest absolute Gasteiger partial charge is 0.250 e. The molecular weight excluding hydrogens is 330 g/mol. The molecule has 0 radical (unpaired) electrons. The van der Waals surface area contributed by atoms with Gasteiger partial charge in [0.25, 0.3) is 0 Å². The third kappa shape index (κ3) is 2.74. The van der Waals surface area contributed by atoms with Gasteiger partial charge in [0, 0.05) is 5.39 Å². The van der Waals surface area contributed by atoms with Crippen LogP contribution in [0, 0.1) is 0 Å². The highest BCUT2D eigenvalue weighted by Crippen LogP contribution is 2.39. The molecule has 1 aliphatic rings. The Morgan fingerprint density at radius 3 is 2.11 bits per heavy atom. The first-order valence-corrected chi connectivity index (χ1v) is 9.11. The highest BCUT2D eigenvalue weighted by atomic mass is 15.7. The van der Waals surface area contributed by atoms with E-state index < -0.39 is 0 Å². The summed E-state index contributed by atoms with van der Waals surface area (Å²) in [7, 11) is 0. The minimum atomic E-state index is -0.0998. The minimum absolute atomic E-state index is 0.0998. The van der Waals surface area contributed by atoms with Gasteiger partial charge < -0.3 is 0 Å². The van der Waals surface area contributed by atoms with Gasteiger partial charge in [-0.3, -0.25) is 5.01 Å². The number of aliphatic imine (C=N–C) groups is 1. The fourth-order valence-corrected chi connectivity index (χ4v) is 3.64. The Bertz CT molecular complexity index is 1040. The summed E-state index contributed by atoms with van der Waals surface area (Å²) in [6, 6.07) is 35.7. The molecule has 1 atom stereocenters. The van der Waals surface area contributed by atoms with Gasteiger partial charge in [0.05, 0.1) is 11.4 Å². The second-order valence-electron chi connectivity index (χ2n) is 6.57. The number of fused-ring (bicyclic) bond motifs is 1. The van der Waals surface area contributed by atoms with Crippen LogP contribution in [0.25, 0.3) is 10.8 Å². The molecule has 0 amide bonds. The topological polar surface area (TPSA) is 18.8 Å². The van der Waals surface area contributed by atoms with Crippen LogP contribution in [-0.4, -0.2) is 6.34 Å². The predicted molar refractivity (Wildman–Crippen MR) is 113 cm³/mol. The predicted octanol–water partition coefficient (Wildman–Crippen LogP) is 5.81. The summed E-state index contributed by atoms with van der Waals surface area (Å²) in [6.07, 6.45) is 1.83. The van der Waals surface area contributed by atoms with E-state index in [0.717, 1.165) is 11.4 Å². The molecule has 0 bridgehead atoms. The Morgan fingerprint density at radius 2 is 1.30 bits per heavy atom. The highest BCUT2D eigenvalue weighted by molar-refractivity contribution is 5.98. The van der Waals surface area contributed by atoms with Crippen molar-refractivity contribution in [3.8, 4) is 0 Å². The Kier molecular flexibility index (Phi) is 3.83. The van der Waals surface area contributed by atoms with E-state index in [1.807, 2.05) is 18.5 Å². The van der Waals surface area contributed by atoms with Crippen LogP contribution in [0.5, 0.6) is 0 Å². The fraction of sp³-hybridized carbons (Fsp3) is 0.0417. The lowest BCUT2D eigenvalue weighted by Gasteiger charge is -2.34. The zero-order valence-corrected chi connectivity index (χ0v) is 14.8. The molecule has 4 aromatic carbocycles. The molecule has 4 aromatic rings. The van der Waals surface area contributed by atoms with Gasteiger partial charge in [-0.05, 0) is 29.1 Å². The number of para-hydroxylation sites is 1. The van der Waals surface area contributed by atoms with Crippen molar-refractivity contribution in [1.29, 1.82) is 0 Å².